The molecule has 0 aromatic carbocycles. The fourth-order valence-corrected chi connectivity index (χ4v) is 4.92. The van der Waals surface area contributed by atoms with Crippen molar-refractivity contribution in [2.75, 3.05) is 12.3 Å². The second-order valence-electron chi connectivity index (χ2n) is 9.15. The van der Waals surface area contributed by atoms with E-state index in [1.54, 1.807) is 37.1 Å². The largest absolute Gasteiger partial charge is 0.418 e. The molecule has 178 valence electrons. The van der Waals surface area contributed by atoms with E-state index in [4.69, 9.17) is 5.73 Å². The topological polar surface area (TPSA) is 103 Å². The summed E-state index contributed by atoms with van der Waals surface area (Å²) in [4.78, 5) is 25.2. The van der Waals surface area contributed by atoms with Crippen LogP contribution in [0.5, 0.6) is 0 Å². The van der Waals surface area contributed by atoms with Crippen molar-refractivity contribution in [3.05, 3.63) is 58.3 Å². The Balaban J connectivity index is 1.61. The number of alkyl halides is 3. The van der Waals surface area contributed by atoms with Gasteiger partial charge in [0.05, 0.1) is 23.5 Å². The maximum atomic E-state index is 13.9. The van der Waals surface area contributed by atoms with Crippen LogP contribution in [-0.4, -0.2) is 42.3 Å². The molecule has 0 radical (unpaired) electrons. The van der Waals surface area contributed by atoms with Crippen LogP contribution < -0.4 is 5.73 Å². The van der Waals surface area contributed by atoms with E-state index in [0.717, 1.165) is 12.6 Å². The highest BCUT2D eigenvalue weighted by Crippen LogP contribution is 2.53. The van der Waals surface area contributed by atoms with E-state index in [1.165, 1.54) is 11.7 Å². The van der Waals surface area contributed by atoms with Crippen LogP contribution in [0.3, 0.4) is 0 Å². The van der Waals surface area contributed by atoms with E-state index >= 15 is 0 Å². The third-order valence-corrected chi connectivity index (χ3v) is 6.76. The summed E-state index contributed by atoms with van der Waals surface area (Å²) in [5.41, 5.74) is 7.40. The number of nitrogens with zero attached hydrogens (tertiary/aromatic N) is 6. The molecule has 0 bridgehead atoms. The van der Waals surface area contributed by atoms with Gasteiger partial charge in [-0.3, -0.25) is 4.79 Å². The number of carbonyl (C=O) groups is 1. The number of hydrogen-bond donors (Lipinski definition) is 1. The van der Waals surface area contributed by atoms with Gasteiger partial charge < -0.3 is 10.6 Å². The summed E-state index contributed by atoms with van der Waals surface area (Å²) in [5.74, 6) is 0.288. The molecule has 34 heavy (non-hydrogen) atoms. The summed E-state index contributed by atoms with van der Waals surface area (Å²) in [5, 5.41) is 8.52. The maximum absolute atomic E-state index is 13.9. The van der Waals surface area contributed by atoms with E-state index in [9.17, 15) is 18.0 Å². The molecule has 11 heteroatoms. The molecule has 0 spiro atoms. The minimum absolute atomic E-state index is 0.00342. The van der Waals surface area contributed by atoms with Crippen LogP contribution in [0.15, 0.2) is 24.5 Å². The number of carbonyl (C=O) groups excluding carboxylic acids is 1. The number of rotatable bonds is 3. The molecule has 5 rings (SSSR count). The zero-order valence-electron chi connectivity index (χ0n) is 19.0. The van der Waals surface area contributed by atoms with Crippen LogP contribution in [-0.2, 0) is 6.18 Å². The van der Waals surface area contributed by atoms with Gasteiger partial charge in [0.1, 0.15) is 11.5 Å². The van der Waals surface area contributed by atoms with Gasteiger partial charge in [-0.15, -0.1) is 4.80 Å². The Bertz CT molecular complexity index is 1290. The predicted octanol–water partition coefficient (Wildman–Crippen LogP) is 3.81. The van der Waals surface area contributed by atoms with Crippen LogP contribution in [0.25, 0.3) is 5.69 Å². The number of halogens is 3. The minimum Gasteiger partial charge on any atom is -0.383 e. The monoisotopic (exact) mass is 471 g/mol. The number of nitrogen functional groups attached to an aromatic ring is 1. The third kappa shape index (κ3) is 3.78. The normalized spacial score (nSPS) is 21.9. The van der Waals surface area contributed by atoms with Crippen molar-refractivity contribution in [3.63, 3.8) is 0 Å². The van der Waals surface area contributed by atoms with Crippen molar-refractivity contribution in [2.45, 2.75) is 45.8 Å². The standard InChI is InChI=1S/C23H24F3N7O/c1-11-4-5-17(33-29-8-12(2)31-33)20(30-11)22(34)32-10-15-6-14(15)7-18(32)19-13(3)16(23(24,25)26)9-28-21(19)27/h4-5,8-9,14-15,18H,6-7,10H2,1-3H3,(H2,27,28). The Hall–Kier alpha value is -3.50. The number of anilines is 1. The molecule has 3 aromatic heterocycles. The van der Waals surface area contributed by atoms with Gasteiger partial charge in [-0.2, -0.15) is 23.4 Å². The molecule has 4 heterocycles. The Morgan fingerprint density at radius 3 is 2.53 bits per heavy atom. The summed E-state index contributed by atoms with van der Waals surface area (Å²) < 4.78 is 40.9. The molecule has 1 saturated heterocycles. The highest BCUT2D eigenvalue weighted by molar-refractivity contribution is 5.96. The highest BCUT2D eigenvalue weighted by atomic mass is 19.4. The smallest absolute Gasteiger partial charge is 0.383 e. The lowest BCUT2D eigenvalue weighted by Crippen LogP contribution is -2.41. The van der Waals surface area contributed by atoms with Crippen molar-refractivity contribution >= 4 is 11.7 Å². The lowest BCUT2D eigenvalue weighted by Gasteiger charge is -2.37. The van der Waals surface area contributed by atoms with Crippen molar-refractivity contribution < 1.29 is 18.0 Å². The van der Waals surface area contributed by atoms with Gasteiger partial charge in [0.25, 0.3) is 5.91 Å². The van der Waals surface area contributed by atoms with E-state index in [-0.39, 0.29) is 28.5 Å². The zero-order chi connectivity index (χ0) is 24.4. The number of piperidine rings is 1. The van der Waals surface area contributed by atoms with Gasteiger partial charge in [0.2, 0.25) is 0 Å². The molecule has 3 aromatic rings. The molecule has 1 aliphatic carbocycles. The first kappa shape index (κ1) is 22.3. The van der Waals surface area contributed by atoms with Crippen LogP contribution >= 0.6 is 0 Å². The molecule has 1 saturated carbocycles. The first-order chi connectivity index (χ1) is 16.0. The predicted molar refractivity (Wildman–Crippen MR) is 117 cm³/mol. The summed E-state index contributed by atoms with van der Waals surface area (Å²) in [6.45, 7) is 5.37. The fraction of sp³-hybridized carbons (Fsp3) is 0.435. The SMILES string of the molecule is Cc1ccc(-n2ncc(C)n2)c(C(=O)N2CC3CC3CC2c2c(N)ncc(C(F)(F)F)c2C)n1. The number of hydrogen-bond acceptors (Lipinski definition) is 6. The zero-order valence-corrected chi connectivity index (χ0v) is 19.0. The summed E-state index contributed by atoms with van der Waals surface area (Å²) in [7, 11) is 0. The van der Waals surface area contributed by atoms with Gasteiger partial charge in [0, 0.05) is 24.0 Å². The van der Waals surface area contributed by atoms with E-state index in [0.29, 0.717) is 41.9 Å². The van der Waals surface area contributed by atoms with Crippen LogP contribution in [0.1, 0.15) is 57.5 Å². The minimum atomic E-state index is -4.57. The van der Waals surface area contributed by atoms with Crippen LogP contribution in [0.4, 0.5) is 19.0 Å². The average molecular weight is 471 g/mol. The Kier molecular flexibility index (Phi) is 5.10. The number of aromatic nitrogens is 5. The fourth-order valence-electron chi connectivity index (χ4n) is 4.92. The molecule has 2 aliphatic rings. The van der Waals surface area contributed by atoms with E-state index < -0.39 is 17.8 Å². The Morgan fingerprint density at radius 2 is 1.85 bits per heavy atom. The summed E-state index contributed by atoms with van der Waals surface area (Å²) >= 11 is 0. The quantitative estimate of drug-likeness (QED) is 0.623. The maximum Gasteiger partial charge on any atom is 0.418 e. The lowest BCUT2D eigenvalue weighted by atomic mass is 9.90. The van der Waals surface area contributed by atoms with Crippen molar-refractivity contribution in [1.82, 2.24) is 29.9 Å². The molecule has 1 amide bonds. The van der Waals surface area contributed by atoms with Gasteiger partial charge >= 0.3 is 6.18 Å². The van der Waals surface area contributed by atoms with Crippen LogP contribution in [0, 0.1) is 32.6 Å². The number of fused-ring (bicyclic) bond motifs is 1. The number of pyridine rings is 2. The summed E-state index contributed by atoms with van der Waals surface area (Å²) in [6.07, 6.45) is -0.773. The van der Waals surface area contributed by atoms with Gasteiger partial charge in [-0.1, -0.05) is 0 Å². The van der Waals surface area contributed by atoms with Crippen molar-refractivity contribution in [2.24, 2.45) is 11.8 Å². The van der Waals surface area contributed by atoms with Crippen LogP contribution in [0.2, 0.25) is 0 Å². The third-order valence-electron chi connectivity index (χ3n) is 6.76. The molecule has 3 unspecified atom stereocenters. The second kappa shape index (κ2) is 7.78. The average Bonchev–Trinajstić information content (AvgIpc) is 3.40. The number of nitrogens with two attached hydrogens (primary N) is 1. The van der Waals surface area contributed by atoms with E-state index in [2.05, 4.69) is 20.2 Å². The molecule has 8 nitrogen and oxygen atoms in total. The number of aryl methyl sites for hydroxylation is 2. The van der Waals surface area contributed by atoms with Gasteiger partial charge in [0.15, 0.2) is 5.69 Å². The highest BCUT2D eigenvalue weighted by Gasteiger charge is 2.49. The molecule has 2 N–H and O–H groups in total. The molecule has 1 aliphatic heterocycles. The summed E-state index contributed by atoms with van der Waals surface area (Å²) in [6, 6.07) is 2.85. The molecule has 3 atom stereocenters. The first-order valence-electron chi connectivity index (χ1n) is 11.0. The Morgan fingerprint density at radius 1 is 1.09 bits per heavy atom. The van der Waals surface area contributed by atoms with E-state index in [1.807, 2.05) is 0 Å². The number of likely N-dealkylation sites (tertiary alicyclic amines) is 1. The van der Waals surface area contributed by atoms with Gasteiger partial charge in [-0.25, -0.2) is 9.97 Å². The Labute approximate surface area is 194 Å². The van der Waals surface area contributed by atoms with Crippen molar-refractivity contribution in [1.29, 1.82) is 0 Å². The second-order valence-corrected chi connectivity index (χ2v) is 9.15. The van der Waals surface area contributed by atoms with Crippen molar-refractivity contribution in [3.8, 4) is 5.69 Å². The number of amides is 1. The molecular formula is C23H24F3N7O. The first-order valence-corrected chi connectivity index (χ1v) is 11.0. The lowest BCUT2D eigenvalue weighted by molar-refractivity contribution is -0.138. The molecule has 2 fully saturated rings. The molecular weight excluding hydrogens is 447 g/mol. The van der Waals surface area contributed by atoms with Gasteiger partial charge in [-0.05, 0) is 63.1 Å².